The molecule has 1 atom stereocenters. The smallest absolute Gasteiger partial charge is 0.306 e. The Morgan fingerprint density at radius 3 is 2.68 bits per heavy atom. The van der Waals surface area contributed by atoms with Gasteiger partial charge in [0.2, 0.25) is 0 Å². The van der Waals surface area contributed by atoms with Gasteiger partial charge in [-0.3, -0.25) is 4.79 Å². The van der Waals surface area contributed by atoms with Crippen LogP contribution in [0.3, 0.4) is 0 Å². The van der Waals surface area contributed by atoms with Crippen molar-refractivity contribution in [3.05, 3.63) is 70.9 Å². The van der Waals surface area contributed by atoms with E-state index in [1.807, 2.05) is 48.7 Å². The Morgan fingerprint density at radius 1 is 1.18 bits per heavy atom. The summed E-state index contributed by atoms with van der Waals surface area (Å²) in [5, 5.41) is 1.69. The fourth-order valence-electron chi connectivity index (χ4n) is 2.71. The van der Waals surface area contributed by atoms with Crippen LogP contribution in [0.25, 0.3) is 10.9 Å². The molecule has 3 aromatic rings. The fraction of sp³-hybridized carbons (Fsp3) is 0.167. The van der Waals surface area contributed by atoms with E-state index in [0.29, 0.717) is 5.02 Å². The number of ether oxygens (including phenoxy) is 1. The molecule has 4 heteroatoms. The number of hydrogen-bond acceptors (Lipinski definition) is 2. The maximum Gasteiger partial charge on any atom is 0.306 e. The minimum Gasteiger partial charge on any atom is -0.469 e. The number of carbonyl (C=O) groups is 1. The Balaban J connectivity index is 2.08. The minimum atomic E-state index is -0.237. The number of aromatic nitrogens is 1. The highest BCUT2D eigenvalue weighted by Crippen LogP contribution is 2.33. The van der Waals surface area contributed by atoms with Crippen LogP contribution < -0.4 is 0 Å². The molecule has 22 heavy (non-hydrogen) atoms. The molecule has 0 saturated carbocycles. The number of nitrogens with one attached hydrogen (secondary N) is 1. The van der Waals surface area contributed by atoms with E-state index >= 15 is 0 Å². The maximum absolute atomic E-state index is 11.8. The van der Waals surface area contributed by atoms with Crippen molar-refractivity contribution in [1.29, 1.82) is 0 Å². The molecule has 3 nitrogen and oxygen atoms in total. The van der Waals surface area contributed by atoms with Crippen LogP contribution in [0, 0.1) is 0 Å². The van der Waals surface area contributed by atoms with Crippen molar-refractivity contribution in [3.8, 4) is 0 Å². The first kappa shape index (κ1) is 14.7. The standard InChI is InChI=1S/C18H16ClNO2/c1-22-17(21)11-15(12-5-3-2-4-6-12)14-9-13-7-8-20-18(13)16(19)10-14/h2-10,15,20H,11H2,1H3. The molecular weight excluding hydrogens is 298 g/mol. The zero-order chi connectivity index (χ0) is 15.5. The predicted molar refractivity (Wildman–Crippen MR) is 88.2 cm³/mol. The Kier molecular flexibility index (Phi) is 4.16. The van der Waals surface area contributed by atoms with Crippen molar-refractivity contribution in [2.45, 2.75) is 12.3 Å². The molecule has 0 amide bonds. The Bertz CT molecular complexity index is 795. The van der Waals surface area contributed by atoms with Gasteiger partial charge in [-0.05, 0) is 29.3 Å². The van der Waals surface area contributed by atoms with E-state index < -0.39 is 0 Å². The molecule has 112 valence electrons. The number of hydrogen-bond donors (Lipinski definition) is 1. The van der Waals surface area contributed by atoms with Gasteiger partial charge in [-0.2, -0.15) is 0 Å². The first-order chi connectivity index (χ1) is 10.7. The van der Waals surface area contributed by atoms with Crippen molar-refractivity contribution in [2.24, 2.45) is 0 Å². The zero-order valence-electron chi connectivity index (χ0n) is 12.2. The molecule has 0 radical (unpaired) electrons. The Hall–Kier alpha value is -2.26. The summed E-state index contributed by atoms with van der Waals surface area (Å²) in [6, 6.07) is 15.9. The molecule has 0 spiro atoms. The van der Waals surface area contributed by atoms with Crippen LogP contribution in [0.15, 0.2) is 54.7 Å². The lowest BCUT2D eigenvalue weighted by molar-refractivity contribution is -0.140. The molecule has 1 unspecified atom stereocenters. The highest BCUT2D eigenvalue weighted by atomic mass is 35.5. The molecule has 0 aliphatic heterocycles. The first-order valence-electron chi connectivity index (χ1n) is 7.07. The van der Waals surface area contributed by atoms with E-state index in [-0.39, 0.29) is 18.3 Å². The number of carbonyl (C=O) groups excluding carboxylic acids is 1. The molecule has 0 aliphatic rings. The third kappa shape index (κ3) is 2.85. The summed E-state index contributed by atoms with van der Waals surface area (Å²) in [5.74, 6) is -0.315. The fourth-order valence-corrected chi connectivity index (χ4v) is 3.00. The molecule has 0 saturated heterocycles. The average Bonchev–Trinajstić information content (AvgIpc) is 3.02. The van der Waals surface area contributed by atoms with E-state index in [9.17, 15) is 4.79 Å². The van der Waals surface area contributed by atoms with Gasteiger partial charge in [-0.15, -0.1) is 0 Å². The number of methoxy groups -OCH3 is 1. The van der Waals surface area contributed by atoms with Crippen LogP contribution in [0.1, 0.15) is 23.5 Å². The van der Waals surface area contributed by atoms with Crippen molar-refractivity contribution >= 4 is 28.5 Å². The van der Waals surface area contributed by atoms with Crippen molar-refractivity contribution in [1.82, 2.24) is 4.98 Å². The topological polar surface area (TPSA) is 42.1 Å². The number of aromatic amines is 1. The molecule has 0 bridgehead atoms. The Labute approximate surface area is 133 Å². The van der Waals surface area contributed by atoms with Gasteiger partial charge < -0.3 is 9.72 Å². The van der Waals surface area contributed by atoms with Crippen molar-refractivity contribution in [3.63, 3.8) is 0 Å². The van der Waals surface area contributed by atoms with Crippen molar-refractivity contribution in [2.75, 3.05) is 7.11 Å². The van der Waals surface area contributed by atoms with E-state index in [0.717, 1.165) is 22.0 Å². The van der Waals surface area contributed by atoms with Gasteiger partial charge in [0.05, 0.1) is 24.1 Å². The van der Waals surface area contributed by atoms with Crippen LogP contribution in [0.2, 0.25) is 5.02 Å². The average molecular weight is 314 g/mol. The number of rotatable bonds is 4. The number of halogens is 1. The van der Waals surface area contributed by atoms with Gasteiger partial charge in [-0.1, -0.05) is 41.9 Å². The van der Waals surface area contributed by atoms with E-state index in [4.69, 9.17) is 16.3 Å². The van der Waals surface area contributed by atoms with Crippen LogP contribution >= 0.6 is 11.6 Å². The van der Waals surface area contributed by atoms with Gasteiger partial charge >= 0.3 is 5.97 Å². The Morgan fingerprint density at radius 2 is 1.95 bits per heavy atom. The molecule has 1 N–H and O–H groups in total. The highest BCUT2D eigenvalue weighted by molar-refractivity contribution is 6.35. The third-order valence-electron chi connectivity index (χ3n) is 3.84. The van der Waals surface area contributed by atoms with Gasteiger partial charge in [0.1, 0.15) is 0 Å². The normalized spacial score (nSPS) is 12.3. The van der Waals surface area contributed by atoms with Crippen LogP contribution in [-0.4, -0.2) is 18.1 Å². The lowest BCUT2D eigenvalue weighted by atomic mass is 9.88. The lowest BCUT2D eigenvalue weighted by Crippen LogP contribution is -2.10. The molecule has 0 aliphatic carbocycles. The monoisotopic (exact) mass is 313 g/mol. The summed E-state index contributed by atoms with van der Waals surface area (Å²) in [7, 11) is 1.41. The van der Waals surface area contributed by atoms with Crippen LogP contribution in [-0.2, 0) is 9.53 Å². The summed E-state index contributed by atoms with van der Waals surface area (Å²) in [4.78, 5) is 14.9. The van der Waals surface area contributed by atoms with Crippen LogP contribution in [0.4, 0.5) is 0 Å². The number of esters is 1. The van der Waals surface area contributed by atoms with Gasteiger partial charge in [-0.25, -0.2) is 0 Å². The molecule has 2 aromatic carbocycles. The SMILES string of the molecule is COC(=O)CC(c1ccccc1)c1cc(Cl)c2[nH]ccc2c1. The summed E-state index contributed by atoms with van der Waals surface area (Å²) in [6.07, 6.45) is 2.14. The number of fused-ring (bicyclic) bond motifs is 1. The number of H-pyrrole nitrogens is 1. The second kappa shape index (κ2) is 6.24. The minimum absolute atomic E-state index is 0.0783. The summed E-state index contributed by atoms with van der Waals surface area (Å²) >= 11 is 6.36. The highest BCUT2D eigenvalue weighted by Gasteiger charge is 2.20. The first-order valence-corrected chi connectivity index (χ1v) is 7.45. The van der Waals surface area contributed by atoms with E-state index in [1.165, 1.54) is 7.11 Å². The van der Waals surface area contributed by atoms with Gasteiger partial charge in [0.25, 0.3) is 0 Å². The second-order valence-corrected chi connectivity index (χ2v) is 5.60. The molecule has 0 fully saturated rings. The van der Waals surface area contributed by atoms with E-state index in [1.54, 1.807) is 0 Å². The molecule has 1 heterocycles. The summed E-state index contributed by atoms with van der Waals surface area (Å²) in [6.45, 7) is 0. The lowest BCUT2D eigenvalue weighted by Gasteiger charge is -2.17. The number of benzene rings is 2. The largest absolute Gasteiger partial charge is 0.469 e. The quantitative estimate of drug-likeness (QED) is 0.720. The summed E-state index contributed by atoms with van der Waals surface area (Å²) in [5.41, 5.74) is 2.99. The third-order valence-corrected chi connectivity index (χ3v) is 4.13. The van der Waals surface area contributed by atoms with Crippen molar-refractivity contribution < 1.29 is 9.53 Å². The molecular formula is C18H16ClNO2. The molecule has 1 aromatic heterocycles. The summed E-state index contributed by atoms with van der Waals surface area (Å²) < 4.78 is 4.85. The molecule has 3 rings (SSSR count). The maximum atomic E-state index is 11.8. The van der Waals surface area contributed by atoms with E-state index in [2.05, 4.69) is 11.1 Å². The van der Waals surface area contributed by atoms with Gasteiger partial charge in [0, 0.05) is 17.5 Å². The zero-order valence-corrected chi connectivity index (χ0v) is 12.9. The van der Waals surface area contributed by atoms with Gasteiger partial charge in [0.15, 0.2) is 0 Å². The van der Waals surface area contributed by atoms with Crippen LogP contribution in [0.5, 0.6) is 0 Å². The predicted octanol–water partition coefficient (Wildman–Crippen LogP) is 4.52. The second-order valence-electron chi connectivity index (χ2n) is 5.19.